The number of ether oxygens (including phenoxy) is 1. The third kappa shape index (κ3) is 5.50. The average molecular weight is 633 g/mol. The minimum Gasteiger partial charge on any atom is -0.463 e. The van der Waals surface area contributed by atoms with Crippen molar-refractivity contribution in [3.8, 4) is 11.5 Å². The average Bonchev–Trinajstić information content (AvgIpc) is 3.76. The predicted octanol–water partition coefficient (Wildman–Crippen LogP) is 1.25. The van der Waals surface area contributed by atoms with Gasteiger partial charge in [0.2, 0.25) is 5.95 Å². The molecule has 46 heavy (non-hydrogen) atoms. The van der Waals surface area contributed by atoms with Crippen LogP contribution >= 0.6 is 0 Å². The van der Waals surface area contributed by atoms with Gasteiger partial charge < -0.3 is 25.1 Å². The van der Waals surface area contributed by atoms with Crippen LogP contribution in [0.25, 0.3) is 28.1 Å². The number of nitrogens with zero attached hydrogens (tertiary/aromatic N) is 8. The highest BCUT2D eigenvalue weighted by Crippen LogP contribution is 2.26. The standard InChI is InChI=1S/C31H37FN10O4/c1-37(21-18-45-19-21)8-7-34-29(43)20-5-6-24(22(32)16-20)40-12-9-39(10-13-40)11-14-41-28-27(38(2)31(41)44)25-17-23(26-4-3-15-46-26)36-42(25)30(33)35-28/h3-6,15-17,21H,7-14,18-19H2,1-2H3,(H2,33,35)(H,34,43). The molecule has 0 bridgehead atoms. The molecule has 1 aromatic carbocycles. The second kappa shape index (κ2) is 12.2. The maximum atomic E-state index is 15.2. The molecule has 2 aliphatic rings. The number of hydrogen-bond acceptors (Lipinski definition) is 10. The fourth-order valence-corrected chi connectivity index (χ4v) is 6.14. The van der Waals surface area contributed by atoms with Crippen molar-refractivity contribution in [1.82, 2.24) is 38.8 Å². The smallest absolute Gasteiger partial charge is 0.330 e. The van der Waals surface area contributed by atoms with E-state index < -0.39 is 5.82 Å². The van der Waals surface area contributed by atoms with Gasteiger partial charge in [-0.15, -0.1) is 0 Å². The van der Waals surface area contributed by atoms with E-state index in [1.54, 1.807) is 40.6 Å². The van der Waals surface area contributed by atoms with Gasteiger partial charge in [0.15, 0.2) is 11.4 Å². The zero-order valence-corrected chi connectivity index (χ0v) is 25.9. The highest BCUT2D eigenvalue weighted by molar-refractivity contribution is 5.94. The van der Waals surface area contributed by atoms with Gasteiger partial charge in [-0.2, -0.15) is 14.6 Å². The molecule has 3 N–H and O–H groups in total. The van der Waals surface area contributed by atoms with E-state index >= 15 is 4.39 Å². The molecule has 0 saturated carbocycles. The van der Waals surface area contributed by atoms with Crippen LogP contribution in [0.5, 0.6) is 0 Å². The summed E-state index contributed by atoms with van der Waals surface area (Å²) in [7, 11) is 3.72. The number of halogens is 1. The van der Waals surface area contributed by atoms with Crippen LogP contribution < -0.4 is 21.6 Å². The molecule has 1 amide bonds. The van der Waals surface area contributed by atoms with E-state index in [9.17, 15) is 9.59 Å². The third-order valence-electron chi connectivity index (χ3n) is 9.04. The first-order valence-corrected chi connectivity index (χ1v) is 15.4. The molecule has 2 saturated heterocycles. The van der Waals surface area contributed by atoms with Crippen molar-refractivity contribution in [2.75, 3.05) is 76.7 Å². The molecule has 6 heterocycles. The number of aryl methyl sites for hydroxylation is 1. The predicted molar refractivity (Wildman–Crippen MR) is 170 cm³/mol. The summed E-state index contributed by atoms with van der Waals surface area (Å²) >= 11 is 0. The minimum absolute atomic E-state index is 0.172. The van der Waals surface area contributed by atoms with E-state index in [0.29, 0.717) is 111 Å². The number of nitrogens with one attached hydrogen (secondary N) is 1. The molecule has 0 unspecified atom stereocenters. The topological polar surface area (TPSA) is 144 Å². The molecule has 15 heteroatoms. The lowest BCUT2D eigenvalue weighted by Gasteiger charge is -2.36. The number of benzene rings is 1. The zero-order valence-electron chi connectivity index (χ0n) is 25.9. The Morgan fingerprint density at radius 1 is 1.15 bits per heavy atom. The molecule has 7 rings (SSSR count). The van der Waals surface area contributed by atoms with Gasteiger partial charge in [0.25, 0.3) is 5.91 Å². The molecule has 2 fully saturated rings. The Bertz CT molecular complexity index is 1940. The maximum absolute atomic E-state index is 15.2. The lowest BCUT2D eigenvalue weighted by molar-refractivity contribution is -0.0552. The van der Waals surface area contributed by atoms with Gasteiger partial charge in [-0.05, 0) is 43.4 Å². The van der Waals surface area contributed by atoms with Crippen molar-refractivity contribution in [2.45, 2.75) is 12.6 Å². The van der Waals surface area contributed by atoms with Gasteiger partial charge >= 0.3 is 5.69 Å². The van der Waals surface area contributed by atoms with Gasteiger partial charge in [0.05, 0.1) is 36.7 Å². The van der Waals surface area contributed by atoms with Crippen molar-refractivity contribution in [3.05, 3.63) is 64.5 Å². The number of nitrogens with two attached hydrogens (primary N) is 1. The molecule has 0 spiro atoms. The summed E-state index contributed by atoms with van der Waals surface area (Å²) in [5.74, 6) is 0.0547. The number of furan rings is 1. The van der Waals surface area contributed by atoms with E-state index in [2.05, 4.69) is 25.2 Å². The number of carbonyl (C=O) groups excluding carboxylic acids is 1. The monoisotopic (exact) mass is 632 g/mol. The fourth-order valence-electron chi connectivity index (χ4n) is 6.14. The van der Waals surface area contributed by atoms with Crippen LogP contribution in [-0.4, -0.2) is 112 Å². The lowest BCUT2D eigenvalue weighted by Crippen LogP contribution is -2.49. The number of carbonyl (C=O) groups is 1. The van der Waals surface area contributed by atoms with Crippen LogP contribution in [0.4, 0.5) is 16.0 Å². The normalized spacial score (nSPS) is 16.1. The number of imidazole rings is 1. The Labute approximate surface area is 263 Å². The lowest BCUT2D eigenvalue weighted by atomic mass is 10.1. The van der Waals surface area contributed by atoms with Gasteiger partial charge in [0, 0.05) is 65.0 Å². The van der Waals surface area contributed by atoms with E-state index in [-0.39, 0.29) is 17.5 Å². The van der Waals surface area contributed by atoms with Crippen LogP contribution in [0.2, 0.25) is 0 Å². The molecule has 242 valence electrons. The number of fused-ring (bicyclic) bond motifs is 3. The van der Waals surface area contributed by atoms with Crippen molar-refractivity contribution < 1.29 is 18.3 Å². The first-order valence-electron chi connectivity index (χ1n) is 15.4. The van der Waals surface area contributed by atoms with Crippen LogP contribution in [0.1, 0.15) is 10.4 Å². The Morgan fingerprint density at radius 2 is 1.96 bits per heavy atom. The number of aromatic nitrogens is 5. The largest absolute Gasteiger partial charge is 0.463 e. The highest BCUT2D eigenvalue weighted by atomic mass is 19.1. The molecule has 4 aromatic heterocycles. The van der Waals surface area contributed by atoms with Crippen molar-refractivity contribution >= 4 is 34.2 Å². The Balaban J connectivity index is 0.973. The van der Waals surface area contributed by atoms with Gasteiger partial charge in [0.1, 0.15) is 17.0 Å². The van der Waals surface area contributed by atoms with E-state index in [0.717, 1.165) is 0 Å². The summed E-state index contributed by atoms with van der Waals surface area (Å²) < 4.78 is 30.6. The number of anilines is 2. The fraction of sp³-hybridized carbons (Fsp3) is 0.419. The van der Waals surface area contributed by atoms with E-state index in [1.807, 2.05) is 24.1 Å². The van der Waals surface area contributed by atoms with Gasteiger partial charge in [-0.3, -0.25) is 23.7 Å². The second-order valence-corrected chi connectivity index (χ2v) is 11.9. The first-order chi connectivity index (χ1) is 22.3. The number of rotatable bonds is 10. The number of nitrogen functional groups attached to an aromatic ring is 1. The SMILES string of the molecule is CN(CCNC(=O)c1ccc(N2CCN(CCn3c(=O)n(C)c4c3nc(N)n3nc(-c5ccco5)cc43)CC2)c(F)c1)C1COC1. The second-order valence-electron chi connectivity index (χ2n) is 11.9. The quantitative estimate of drug-likeness (QED) is 0.231. The summed E-state index contributed by atoms with van der Waals surface area (Å²) in [5.41, 5.74) is 9.25. The molecular weight excluding hydrogens is 595 g/mol. The zero-order chi connectivity index (χ0) is 31.9. The maximum Gasteiger partial charge on any atom is 0.330 e. The van der Waals surface area contributed by atoms with Crippen LogP contribution in [0.3, 0.4) is 0 Å². The summed E-state index contributed by atoms with van der Waals surface area (Å²) in [6.45, 7) is 6.24. The van der Waals surface area contributed by atoms with Crippen molar-refractivity contribution in [3.63, 3.8) is 0 Å². The van der Waals surface area contributed by atoms with E-state index in [1.165, 1.54) is 10.6 Å². The van der Waals surface area contributed by atoms with Crippen molar-refractivity contribution in [1.29, 1.82) is 0 Å². The number of amides is 1. The highest BCUT2D eigenvalue weighted by Gasteiger charge is 2.25. The Hall–Kier alpha value is -4.73. The molecule has 0 radical (unpaired) electrons. The molecule has 0 atom stereocenters. The number of likely N-dealkylation sites (N-methyl/N-ethyl adjacent to an activating group) is 1. The molecule has 2 aliphatic heterocycles. The summed E-state index contributed by atoms with van der Waals surface area (Å²) in [6, 6.07) is 10.5. The number of piperazine rings is 1. The third-order valence-corrected chi connectivity index (χ3v) is 9.04. The summed E-state index contributed by atoms with van der Waals surface area (Å²) in [4.78, 5) is 36.9. The summed E-state index contributed by atoms with van der Waals surface area (Å²) in [5, 5.41) is 7.40. The van der Waals surface area contributed by atoms with Crippen LogP contribution in [0, 0.1) is 5.82 Å². The van der Waals surface area contributed by atoms with Crippen LogP contribution in [-0.2, 0) is 18.3 Å². The van der Waals surface area contributed by atoms with Gasteiger partial charge in [-0.1, -0.05) is 0 Å². The number of hydrogen-bond donors (Lipinski definition) is 2. The summed E-state index contributed by atoms with van der Waals surface area (Å²) in [6.07, 6.45) is 1.57. The molecule has 14 nitrogen and oxygen atoms in total. The first kappa shape index (κ1) is 30.0. The van der Waals surface area contributed by atoms with Gasteiger partial charge in [-0.25, -0.2) is 9.18 Å². The molecular formula is C31H37FN10O4. The minimum atomic E-state index is -0.419. The van der Waals surface area contributed by atoms with Crippen LogP contribution in [0.15, 0.2) is 51.9 Å². The Kier molecular flexibility index (Phi) is 7.96. The Morgan fingerprint density at radius 3 is 2.65 bits per heavy atom. The molecule has 0 aliphatic carbocycles. The molecule has 5 aromatic rings. The van der Waals surface area contributed by atoms with Crippen molar-refractivity contribution in [2.24, 2.45) is 7.05 Å². The van der Waals surface area contributed by atoms with E-state index in [4.69, 9.17) is 14.9 Å².